The molecule has 1 rings (SSSR count). The van der Waals surface area contributed by atoms with E-state index in [1.165, 1.54) is 0 Å². The van der Waals surface area contributed by atoms with Gasteiger partial charge in [0.15, 0.2) is 5.96 Å². The van der Waals surface area contributed by atoms with Gasteiger partial charge in [-0.05, 0) is 26.2 Å². The Morgan fingerprint density at radius 1 is 1.25 bits per heavy atom. The third kappa shape index (κ3) is 8.16. The van der Waals surface area contributed by atoms with Gasteiger partial charge in [-0.1, -0.05) is 6.92 Å². The van der Waals surface area contributed by atoms with Crippen LogP contribution in [0.2, 0.25) is 0 Å². The highest BCUT2D eigenvalue weighted by molar-refractivity contribution is 14.0. The summed E-state index contributed by atoms with van der Waals surface area (Å²) >= 11 is 0. The summed E-state index contributed by atoms with van der Waals surface area (Å²) in [5, 5.41) is 6.05. The number of carbonyl (C=O) groups excluding carboxylic acids is 2. The fourth-order valence-electron chi connectivity index (χ4n) is 2.59. The lowest BCUT2D eigenvalue weighted by Crippen LogP contribution is -2.48. The maximum Gasteiger partial charge on any atom is 0.310 e. The number of amides is 1. The number of halogens is 1. The van der Waals surface area contributed by atoms with E-state index in [9.17, 15) is 9.59 Å². The number of nitrogens with zero attached hydrogens (tertiary/aromatic N) is 2. The first kappa shape index (κ1) is 22.9. The highest BCUT2D eigenvalue weighted by Crippen LogP contribution is 2.18. The topological polar surface area (TPSA) is 83.0 Å². The number of carbonyl (C=O) groups is 2. The van der Waals surface area contributed by atoms with Gasteiger partial charge in [-0.25, -0.2) is 0 Å². The van der Waals surface area contributed by atoms with Gasteiger partial charge in [-0.3, -0.25) is 14.6 Å². The number of hydrogen-bond donors (Lipinski definition) is 2. The highest BCUT2D eigenvalue weighted by Gasteiger charge is 2.28. The van der Waals surface area contributed by atoms with Crippen molar-refractivity contribution in [2.45, 2.75) is 39.5 Å². The summed E-state index contributed by atoms with van der Waals surface area (Å²) in [6, 6.07) is 0. The average Bonchev–Trinajstić information content (AvgIpc) is 2.57. The van der Waals surface area contributed by atoms with E-state index in [-0.39, 0.29) is 41.8 Å². The van der Waals surface area contributed by atoms with Gasteiger partial charge in [0.25, 0.3) is 0 Å². The summed E-state index contributed by atoms with van der Waals surface area (Å²) in [5.74, 6) is 0.543. The van der Waals surface area contributed by atoms with Crippen LogP contribution >= 0.6 is 24.0 Å². The van der Waals surface area contributed by atoms with E-state index < -0.39 is 0 Å². The van der Waals surface area contributed by atoms with E-state index in [1.54, 1.807) is 7.05 Å². The molecule has 0 bridgehead atoms. The van der Waals surface area contributed by atoms with Crippen molar-refractivity contribution in [3.63, 3.8) is 0 Å². The lowest BCUT2D eigenvalue weighted by atomic mass is 9.98. The first-order valence-corrected chi connectivity index (χ1v) is 8.51. The number of guanidine groups is 1. The van der Waals surface area contributed by atoms with Crippen molar-refractivity contribution in [2.24, 2.45) is 10.9 Å². The van der Waals surface area contributed by atoms with Crippen molar-refractivity contribution >= 4 is 41.8 Å². The van der Waals surface area contributed by atoms with Crippen LogP contribution in [0, 0.1) is 5.92 Å². The molecule has 0 radical (unpaired) electrons. The Labute approximate surface area is 162 Å². The Morgan fingerprint density at radius 3 is 2.62 bits per heavy atom. The molecule has 0 spiro atoms. The van der Waals surface area contributed by atoms with Crippen LogP contribution in [-0.2, 0) is 14.3 Å². The molecule has 1 fully saturated rings. The van der Waals surface area contributed by atoms with Gasteiger partial charge in [-0.2, -0.15) is 0 Å². The summed E-state index contributed by atoms with van der Waals surface area (Å²) in [6.45, 7) is 6.97. The van der Waals surface area contributed by atoms with Gasteiger partial charge < -0.3 is 20.3 Å². The van der Waals surface area contributed by atoms with Gasteiger partial charge in [0, 0.05) is 39.6 Å². The maximum absolute atomic E-state index is 11.9. The van der Waals surface area contributed by atoms with Crippen molar-refractivity contribution < 1.29 is 14.3 Å². The largest absolute Gasteiger partial charge is 0.466 e. The highest BCUT2D eigenvalue weighted by atomic mass is 127. The number of esters is 1. The molecule has 8 heteroatoms. The molecule has 2 N–H and O–H groups in total. The summed E-state index contributed by atoms with van der Waals surface area (Å²) in [4.78, 5) is 29.8. The summed E-state index contributed by atoms with van der Waals surface area (Å²) in [7, 11) is 1.72. The van der Waals surface area contributed by atoms with Crippen molar-refractivity contribution in [3.8, 4) is 0 Å². The van der Waals surface area contributed by atoms with Crippen LogP contribution in [0.1, 0.15) is 39.5 Å². The van der Waals surface area contributed by atoms with E-state index in [0.717, 1.165) is 31.8 Å². The minimum Gasteiger partial charge on any atom is -0.466 e. The fourth-order valence-corrected chi connectivity index (χ4v) is 2.59. The van der Waals surface area contributed by atoms with Crippen LogP contribution in [0.15, 0.2) is 4.99 Å². The molecule has 1 unspecified atom stereocenters. The van der Waals surface area contributed by atoms with Gasteiger partial charge in [-0.15, -0.1) is 24.0 Å². The molecule has 1 atom stereocenters. The lowest BCUT2D eigenvalue weighted by molar-refractivity contribution is -0.149. The van der Waals surface area contributed by atoms with Crippen molar-refractivity contribution in [1.29, 1.82) is 0 Å². The standard InChI is InChI=1S/C16H30N4O3.HI/c1-4-9-18-14(21)8-10-19-16(17-3)20-11-6-7-13(12-20)15(22)23-5-2;/h13H,4-12H2,1-3H3,(H,17,19)(H,18,21);1H. The number of likely N-dealkylation sites (tertiary alicyclic amines) is 1. The molecule has 0 saturated carbocycles. The van der Waals surface area contributed by atoms with Crippen molar-refractivity contribution in [3.05, 3.63) is 0 Å². The van der Waals surface area contributed by atoms with E-state index in [4.69, 9.17) is 4.74 Å². The van der Waals surface area contributed by atoms with Crippen LogP contribution in [-0.4, -0.2) is 62.6 Å². The average molecular weight is 454 g/mol. The second-order valence-corrected chi connectivity index (χ2v) is 5.61. The molecule has 140 valence electrons. The summed E-state index contributed by atoms with van der Waals surface area (Å²) in [6.07, 6.45) is 3.13. The molecule has 1 amide bonds. The normalized spacial score (nSPS) is 17.7. The van der Waals surface area contributed by atoms with Gasteiger partial charge in [0.1, 0.15) is 0 Å². The lowest BCUT2D eigenvalue weighted by Gasteiger charge is -2.33. The van der Waals surface area contributed by atoms with Gasteiger partial charge in [0.2, 0.25) is 5.91 Å². The molecule has 0 aromatic rings. The zero-order chi connectivity index (χ0) is 17.1. The second kappa shape index (κ2) is 13.3. The van der Waals surface area contributed by atoms with Crippen LogP contribution in [0.5, 0.6) is 0 Å². The number of ether oxygens (including phenoxy) is 1. The van der Waals surface area contributed by atoms with Gasteiger partial charge in [0.05, 0.1) is 12.5 Å². The van der Waals surface area contributed by atoms with E-state index >= 15 is 0 Å². The number of rotatable bonds is 7. The molecule has 0 aliphatic carbocycles. The maximum atomic E-state index is 11.9. The van der Waals surface area contributed by atoms with E-state index in [2.05, 4.69) is 20.5 Å². The number of aliphatic imine (C=N–C) groups is 1. The molecule has 1 aliphatic rings. The van der Waals surface area contributed by atoms with Crippen LogP contribution in [0.3, 0.4) is 0 Å². The number of hydrogen-bond acceptors (Lipinski definition) is 4. The molecule has 0 aromatic heterocycles. The number of nitrogens with one attached hydrogen (secondary N) is 2. The Kier molecular flexibility index (Phi) is 12.7. The third-order valence-corrected chi connectivity index (χ3v) is 3.76. The Morgan fingerprint density at radius 2 is 2.00 bits per heavy atom. The molecule has 1 aliphatic heterocycles. The monoisotopic (exact) mass is 454 g/mol. The Balaban J connectivity index is 0.00000529. The van der Waals surface area contributed by atoms with Crippen LogP contribution in [0.25, 0.3) is 0 Å². The molecule has 1 heterocycles. The predicted molar refractivity (Wildman–Crippen MR) is 106 cm³/mol. The van der Waals surface area contributed by atoms with Gasteiger partial charge >= 0.3 is 5.97 Å². The minimum absolute atomic E-state index is 0. The third-order valence-electron chi connectivity index (χ3n) is 3.76. The molecule has 0 aromatic carbocycles. The van der Waals surface area contributed by atoms with Crippen LogP contribution < -0.4 is 10.6 Å². The predicted octanol–water partition coefficient (Wildman–Crippen LogP) is 1.37. The SMILES string of the molecule is CCCNC(=O)CCNC(=NC)N1CCCC(C(=O)OCC)C1.I. The minimum atomic E-state index is -0.133. The zero-order valence-electron chi connectivity index (χ0n) is 15.0. The molecule has 1 saturated heterocycles. The summed E-state index contributed by atoms with van der Waals surface area (Å²) < 4.78 is 5.11. The summed E-state index contributed by atoms with van der Waals surface area (Å²) in [5.41, 5.74) is 0. The second-order valence-electron chi connectivity index (χ2n) is 5.61. The van der Waals surface area contributed by atoms with Crippen molar-refractivity contribution in [2.75, 3.05) is 39.8 Å². The Hall–Kier alpha value is -1.06. The quantitative estimate of drug-likeness (QED) is 0.263. The first-order valence-electron chi connectivity index (χ1n) is 8.51. The first-order chi connectivity index (χ1) is 11.1. The Bertz CT molecular complexity index is 418. The molecule has 24 heavy (non-hydrogen) atoms. The number of piperidine rings is 1. The van der Waals surface area contributed by atoms with E-state index in [1.807, 2.05) is 13.8 Å². The molecular weight excluding hydrogens is 423 g/mol. The van der Waals surface area contributed by atoms with Crippen molar-refractivity contribution in [1.82, 2.24) is 15.5 Å². The van der Waals surface area contributed by atoms with Crippen LogP contribution in [0.4, 0.5) is 0 Å². The fraction of sp³-hybridized carbons (Fsp3) is 0.812. The molecule has 7 nitrogen and oxygen atoms in total. The van der Waals surface area contributed by atoms with E-state index in [0.29, 0.717) is 32.7 Å². The molecular formula is C16H31IN4O3. The smallest absolute Gasteiger partial charge is 0.310 e. The zero-order valence-corrected chi connectivity index (χ0v) is 17.3.